The van der Waals surface area contributed by atoms with Gasteiger partial charge in [0.2, 0.25) is 0 Å². The molecule has 0 bridgehead atoms. The Balaban J connectivity index is 1.76. The highest BCUT2D eigenvalue weighted by Crippen LogP contribution is 2.29. The van der Waals surface area contributed by atoms with Gasteiger partial charge in [0, 0.05) is 12.6 Å². The number of aryl methyl sites for hydroxylation is 1. The molecule has 1 saturated heterocycles. The first-order chi connectivity index (χ1) is 11.4. The lowest BCUT2D eigenvalue weighted by atomic mass is 9.99. The Morgan fingerprint density at radius 3 is 2.75 bits per heavy atom. The van der Waals surface area contributed by atoms with Crippen LogP contribution in [0.2, 0.25) is 0 Å². The molecule has 2 aliphatic rings. The molecule has 0 radical (unpaired) electrons. The predicted molar refractivity (Wildman–Crippen MR) is 94.7 cm³/mol. The number of hydrogen-bond donors (Lipinski definition) is 1. The summed E-state index contributed by atoms with van der Waals surface area (Å²) in [6.07, 6.45) is 4.20. The summed E-state index contributed by atoms with van der Waals surface area (Å²) >= 11 is 0. The molecular formula is C18H26N2O3S. The Morgan fingerprint density at radius 2 is 1.96 bits per heavy atom. The first-order valence-corrected chi connectivity index (χ1v) is 10.5. The number of fused-ring (bicyclic) bond motifs is 1. The smallest absolute Gasteiger partial charge is 0.318 e. The van der Waals surface area contributed by atoms with Crippen molar-refractivity contribution >= 4 is 15.9 Å². The van der Waals surface area contributed by atoms with Gasteiger partial charge in [0.25, 0.3) is 0 Å². The summed E-state index contributed by atoms with van der Waals surface area (Å²) in [5.41, 5.74) is 2.51. The number of hydrogen-bond acceptors (Lipinski definition) is 3. The fourth-order valence-corrected chi connectivity index (χ4v) is 5.33. The summed E-state index contributed by atoms with van der Waals surface area (Å²) in [5.74, 6) is 0.0488. The number of sulfone groups is 1. The summed E-state index contributed by atoms with van der Waals surface area (Å²) in [6.45, 7) is 3.79. The number of urea groups is 1. The van der Waals surface area contributed by atoms with Gasteiger partial charge in [-0.25, -0.2) is 13.2 Å². The zero-order chi connectivity index (χ0) is 17.3. The minimum absolute atomic E-state index is 0.0113. The molecule has 1 heterocycles. The van der Waals surface area contributed by atoms with Crippen LogP contribution in [0.1, 0.15) is 50.3 Å². The minimum atomic E-state index is -3.09. The van der Waals surface area contributed by atoms with Crippen LogP contribution in [0.15, 0.2) is 24.3 Å². The Hall–Kier alpha value is -1.56. The molecule has 1 fully saturated rings. The first-order valence-electron chi connectivity index (χ1n) is 8.76. The van der Waals surface area contributed by atoms with Crippen LogP contribution in [-0.4, -0.2) is 42.9 Å². The number of carbonyl (C=O) groups excluding carboxylic acids is 1. The molecule has 132 valence electrons. The quantitative estimate of drug-likeness (QED) is 0.792. The molecule has 1 aliphatic heterocycles. The molecule has 24 heavy (non-hydrogen) atoms. The number of nitrogens with one attached hydrogen (secondary N) is 1. The van der Waals surface area contributed by atoms with Gasteiger partial charge in [0.15, 0.2) is 9.84 Å². The maximum absolute atomic E-state index is 12.8. The van der Waals surface area contributed by atoms with E-state index in [9.17, 15) is 13.2 Å². The molecule has 1 aromatic rings. The summed E-state index contributed by atoms with van der Waals surface area (Å²) in [5, 5.41) is 2.64. The van der Waals surface area contributed by atoms with Crippen molar-refractivity contribution in [1.82, 2.24) is 10.2 Å². The average molecular weight is 350 g/mol. The van der Waals surface area contributed by atoms with Crippen molar-refractivity contribution in [2.45, 2.75) is 56.9 Å². The van der Waals surface area contributed by atoms with Crippen LogP contribution in [0.5, 0.6) is 0 Å². The number of carbonyl (C=O) groups is 1. The lowest BCUT2D eigenvalue weighted by Gasteiger charge is -2.38. The largest absolute Gasteiger partial charge is 0.331 e. The third-order valence-electron chi connectivity index (χ3n) is 5.53. The van der Waals surface area contributed by atoms with Gasteiger partial charge in [-0.3, -0.25) is 0 Å². The molecule has 0 spiro atoms. The summed E-state index contributed by atoms with van der Waals surface area (Å²) in [6, 6.07) is 7.85. The van der Waals surface area contributed by atoms with Gasteiger partial charge < -0.3 is 10.2 Å². The predicted octanol–water partition coefficient (Wildman–Crippen LogP) is 2.67. The number of rotatable bonds is 1. The van der Waals surface area contributed by atoms with Gasteiger partial charge in [-0.05, 0) is 44.2 Å². The van der Waals surface area contributed by atoms with Gasteiger partial charge in [0.1, 0.15) is 0 Å². The molecule has 1 aliphatic carbocycles. The Kier molecular flexibility index (Phi) is 4.85. The molecule has 0 aromatic heterocycles. The standard InChI is InChI=1S/C18H26N2O3S/c1-13-14(2)24(22,23)12-11-20(13)18(21)19-17-10-6-4-8-15-7-3-5-9-16(15)17/h3,5,7,9,13-14,17H,4,6,8,10-12H2,1-2H3,(H,19,21)/t13-,14-,17-/m1/s1. The van der Waals surface area contributed by atoms with E-state index in [4.69, 9.17) is 0 Å². The summed E-state index contributed by atoms with van der Waals surface area (Å²) < 4.78 is 24.0. The highest BCUT2D eigenvalue weighted by atomic mass is 32.2. The monoisotopic (exact) mass is 350 g/mol. The van der Waals surface area contributed by atoms with E-state index in [1.807, 2.05) is 19.1 Å². The van der Waals surface area contributed by atoms with Crippen molar-refractivity contribution in [3.8, 4) is 0 Å². The Morgan fingerprint density at radius 1 is 1.21 bits per heavy atom. The second-order valence-electron chi connectivity index (χ2n) is 6.95. The third kappa shape index (κ3) is 3.29. The first kappa shape index (κ1) is 17.3. The number of benzene rings is 1. The van der Waals surface area contributed by atoms with Crippen LogP contribution in [0, 0.1) is 0 Å². The van der Waals surface area contributed by atoms with Crippen LogP contribution < -0.4 is 5.32 Å². The van der Waals surface area contributed by atoms with Gasteiger partial charge >= 0.3 is 6.03 Å². The molecule has 3 atom stereocenters. The Labute approximate surface area is 144 Å². The second-order valence-corrected chi connectivity index (χ2v) is 9.43. The van der Waals surface area contributed by atoms with Crippen LogP contribution in [0.4, 0.5) is 4.79 Å². The van der Waals surface area contributed by atoms with E-state index in [2.05, 4.69) is 17.4 Å². The van der Waals surface area contributed by atoms with Crippen molar-refractivity contribution in [1.29, 1.82) is 0 Å². The molecule has 5 nitrogen and oxygen atoms in total. The third-order valence-corrected chi connectivity index (χ3v) is 7.81. The fourth-order valence-electron chi connectivity index (χ4n) is 3.76. The van der Waals surface area contributed by atoms with E-state index in [1.54, 1.807) is 11.8 Å². The molecule has 1 aromatic carbocycles. The fraction of sp³-hybridized carbons (Fsp3) is 0.611. The van der Waals surface area contributed by atoms with Crippen LogP contribution in [-0.2, 0) is 16.3 Å². The summed E-state index contributed by atoms with van der Waals surface area (Å²) in [4.78, 5) is 14.5. The van der Waals surface area contributed by atoms with E-state index in [-0.39, 0.29) is 30.4 Å². The lowest BCUT2D eigenvalue weighted by molar-refractivity contribution is 0.173. The molecule has 1 N–H and O–H groups in total. The van der Waals surface area contributed by atoms with E-state index in [0.717, 1.165) is 25.7 Å². The maximum atomic E-state index is 12.8. The second kappa shape index (κ2) is 6.75. The van der Waals surface area contributed by atoms with Crippen LogP contribution in [0.3, 0.4) is 0 Å². The highest BCUT2D eigenvalue weighted by Gasteiger charge is 2.38. The van der Waals surface area contributed by atoms with E-state index in [1.165, 1.54) is 11.1 Å². The SMILES string of the molecule is C[C@@H]1[C@@H](C)S(=O)(=O)CCN1C(=O)N[C@@H]1CCCCc2ccccc21. The molecule has 0 unspecified atom stereocenters. The van der Waals surface area contributed by atoms with Crippen LogP contribution in [0.25, 0.3) is 0 Å². The average Bonchev–Trinajstić information content (AvgIpc) is 2.75. The normalized spacial score (nSPS) is 29.4. The molecule has 3 rings (SSSR count). The Bertz CT molecular complexity index is 717. The zero-order valence-electron chi connectivity index (χ0n) is 14.4. The van der Waals surface area contributed by atoms with E-state index in [0.29, 0.717) is 0 Å². The molecule has 0 saturated carbocycles. The maximum Gasteiger partial charge on any atom is 0.318 e. The molecule has 2 amide bonds. The minimum Gasteiger partial charge on any atom is -0.331 e. The van der Waals surface area contributed by atoms with Gasteiger partial charge in [0.05, 0.1) is 17.0 Å². The van der Waals surface area contributed by atoms with E-state index < -0.39 is 15.1 Å². The molecule has 6 heteroatoms. The van der Waals surface area contributed by atoms with Crippen molar-refractivity contribution in [2.24, 2.45) is 0 Å². The summed E-state index contributed by atoms with van der Waals surface area (Å²) in [7, 11) is -3.09. The van der Waals surface area contributed by atoms with Crippen molar-refractivity contribution in [2.75, 3.05) is 12.3 Å². The topological polar surface area (TPSA) is 66.5 Å². The van der Waals surface area contributed by atoms with Crippen LogP contribution >= 0.6 is 0 Å². The lowest BCUT2D eigenvalue weighted by Crippen LogP contribution is -2.57. The zero-order valence-corrected chi connectivity index (χ0v) is 15.2. The molecular weight excluding hydrogens is 324 g/mol. The van der Waals surface area contributed by atoms with Gasteiger partial charge in [-0.1, -0.05) is 30.7 Å². The number of nitrogens with zero attached hydrogens (tertiary/aromatic N) is 1. The highest BCUT2D eigenvalue weighted by molar-refractivity contribution is 7.92. The van der Waals surface area contributed by atoms with Gasteiger partial charge in [-0.15, -0.1) is 0 Å². The van der Waals surface area contributed by atoms with Crippen molar-refractivity contribution in [3.05, 3.63) is 35.4 Å². The van der Waals surface area contributed by atoms with Gasteiger partial charge in [-0.2, -0.15) is 0 Å². The van der Waals surface area contributed by atoms with Crippen molar-refractivity contribution < 1.29 is 13.2 Å². The van der Waals surface area contributed by atoms with Crippen molar-refractivity contribution in [3.63, 3.8) is 0 Å². The van der Waals surface area contributed by atoms with E-state index >= 15 is 0 Å². The number of amides is 2.